The Morgan fingerprint density at radius 1 is 1.03 bits per heavy atom. The van der Waals surface area contributed by atoms with Crippen molar-refractivity contribution in [3.05, 3.63) is 105 Å². The highest BCUT2D eigenvalue weighted by Crippen LogP contribution is 2.35. The third-order valence-corrected chi connectivity index (χ3v) is 6.06. The van der Waals surface area contributed by atoms with Gasteiger partial charge in [0.05, 0.1) is 31.5 Å². The Balaban J connectivity index is 1.50. The number of carboxylic acid groups (broad SMARTS) is 1. The molecule has 1 aliphatic heterocycles. The molecular formula is C27H28FNO7. The lowest BCUT2D eigenvalue weighted by molar-refractivity contribution is -0.239. The number of ether oxygens (including phenoxy) is 3. The minimum absolute atomic E-state index is 0.0252. The van der Waals surface area contributed by atoms with Gasteiger partial charge in [-0.1, -0.05) is 42.5 Å². The van der Waals surface area contributed by atoms with E-state index in [1.807, 2.05) is 30.3 Å². The number of hydrogen-bond donors (Lipinski definition) is 2. The van der Waals surface area contributed by atoms with Crippen LogP contribution in [0.15, 0.2) is 71.7 Å². The van der Waals surface area contributed by atoms with E-state index < -0.39 is 23.8 Å². The molecule has 3 atom stereocenters. The van der Waals surface area contributed by atoms with Crippen LogP contribution in [0, 0.1) is 5.82 Å². The molecule has 2 heterocycles. The minimum Gasteiger partial charge on any atom is -0.477 e. The van der Waals surface area contributed by atoms with Crippen molar-refractivity contribution in [2.45, 2.75) is 51.1 Å². The number of halogens is 1. The minimum atomic E-state index is -1.29. The summed E-state index contributed by atoms with van der Waals surface area (Å²) >= 11 is 0. The van der Waals surface area contributed by atoms with Crippen molar-refractivity contribution in [2.75, 3.05) is 6.61 Å². The van der Waals surface area contributed by atoms with Crippen LogP contribution in [0.3, 0.4) is 0 Å². The van der Waals surface area contributed by atoms with Gasteiger partial charge in [0.25, 0.3) is 0 Å². The summed E-state index contributed by atoms with van der Waals surface area (Å²) in [6, 6.07) is 16.9. The van der Waals surface area contributed by atoms with E-state index in [2.05, 4.69) is 0 Å². The quantitative estimate of drug-likeness (QED) is 0.440. The van der Waals surface area contributed by atoms with Crippen LogP contribution in [0.2, 0.25) is 0 Å². The number of nitrogens with zero attached hydrogens (tertiary/aromatic N) is 1. The Hall–Kier alpha value is -3.37. The number of hydrogen-bond acceptors (Lipinski definition) is 6. The lowest BCUT2D eigenvalue weighted by atomic mass is 9.97. The topological polar surface area (TPSA) is 107 Å². The van der Waals surface area contributed by atoms with Gasteiger partial charge in [-0.25, -0.2) is 9.18 Å². The molecule has 1 aromatic heterocycles. The number of carbonyl (C=O) groups is 1. The fourth-order valence-corrected chi connectivity index (χ4v) is 4.27. The fourth-order valence-electron chi connectivity index (χ4n) is 4.27. The summed E-state index contributed by atoms with van der Waals surface area (Å²) in [6.45, 7) is -0.141. The third-order valence-electron chi connectivity index (χ3n) is 6.06. The highest BCUT2D eigenvalue weighted by atomic mass is 19.1. The SMILES string of the molecule is O=C(O)c1c(COC2CCC(OCc3ccccc3)C(c3ccc(F)cc3)O2)c(=O)ccn1CCO. The maximum atomic E-state index is 13.5. The standard InChI is InChI=1S/C27H28FNO7/c28-20-8-6-19(7-9-20)26-23(34-16-18-4-2-1-3-5-18)10-11-24(36-26)35-17-21-22(31)12-13-29(14-15-30)25(21)27(32)33/h1-9,12-13,23-24,26,30H,10-11,14-17H2,(H,32,33). The molecule has 0 bridgehead atoms. The van der Waals surface area contributed by atoms with Gasteiger partial charge in [0.15, 0.2) is 11.7 Å². The van der Waals surface area contributed by atoms with E-state index in [1.54, 1.807) is 12.1 Å². The zero-order valence-electron chi connectivity index (χ0n) is 19.6. The molecule has 0 spiro atoms. The van der Waals surface area contributed by atoms with Crippen LogP contribution in [-0.2, 0) is 34.0 Å². The first-order valence-electron chi connectivity index (χ1n) is 11.7. The molecule has 190 valence electrons. The molecule has 1 aliphatic rings. The van der Waals surface area contributed by atoms with Crippen molar-refractivity contribution in [2.24, 2.45) is 0 Å². The first-order valence-corrected chi connectivity index (χ1v) is 11.7. The van der Waals surface area contributed by atoms with E-state index in [9.17, 15) is 24.2 Å². The van der Waals surface area contributed by atoms with E-state index in [0.29, 0.717) is 19.4 Å². The molecule has 2 N–H and O–H groups in total. The number of aromatic carboxylic acids is 1. The van der Waals surface area contributed by atoms with Gasteiger partial charge in [-0.2, -0.15) is 0 Å². The number of aliphatic hydroxyl groups excluding tert-OH is 1. The molecule has 3 aromatic rings. The van der Waals surface area contributed by atoms with Crippen LogP contribution in [0.25, 0.3) is 0 Å². The molecule has 0 amide bonds. The first kappa shape index (κ1) is 25.7. The Labute approximate surface area is 207 Å². The van der Waals surface area contributed by atoms with Crippen LogP contribution >= 0.6 is 0 Å². The molecule has 0 saturated carbocycles. The number of aromatic nitrogens is 1. The van der Waals surface area contributed by atoms with Gasteiger partial charge in [-0.15, -0.1) is 0 Å². The van der Waals surface area contributed by atoms with Crippen molar-refractivity contribution in [1.82, 2.24) is 4.57 Å². The Kier molecular flexibility index (Phi) is 8.61. The van der Waals surface area contributed by atoms with E-state index in [4.69, 9.17) is 14.2 Å². The average molecular weight is 498 g/mol. The zero-order valence-corrected chi connectivity index (χ0v) is 19.6. The summed E-state index contributed by atoms with van der Waals surface area (Å²) in [5, 5.41) is 18.9. The molecule has 36 heavy (non-hydrogen) atoms. The van der Waals surface area contributed by atoms with Crippen LogP contribution in [-0.4, -0.2) is 39.8 Å². The lowest BCUT2D eigenvalue weighted by Crippen LogP contribution is -2.36. The second-order valence-electron chi connectivity index (χ2n) is 8.49. The number of carboxylic acids is 1. The molecule has 0 aliphatic carbocycles. The largest absolute Gasteiger partial charge is 0.477 e. The molecule has 0 radical (unpaired) electrons. The number of pyridine rings is 1. The number of benzene rings is 2. The molecule has 4 rings (SSSR count). The summed E-state index contributed by atoms with van der Waals surface area (Å²) < 4.78 is 33.1. The normalized spacial score (nSPS) is 19.8. The van der Waals surface area contributed by atoms with Crippen molar-refractivity contribution in [3.63, 3.8) is 0 Å². The van der Waals surface area contributed by atoms with E-state index in [0.717, 1.165) is 11.1 Å². The van der Waals surface area contributed by atoms with Gasteiger partial charge in [-0.05, 0) is 29.7 Å². The first-order chi connectivity index (χ1) is 17.5. The van der Waals surface area contributed by atoms with Crippen LogP contribution < -0.4 is 5.43 Å². The fraction of sp³-hybridized carbons (Fsp3) is 0.333. The highest BCUT2D eigenvalue weighted by molar-refractivity contribution is 5.87. The van der Waals surface area contributed by atoms with E-state index in [1.165, 1.54) is 29.0 Å². The zero-order chi connectivity index (χ0) is 25.5. The summed E-state index contributed by atoms with van der Waals surface area (Å²) in [6.07, 6.45) is 0.773. The molecular weight excluding hydrogens is 469 g/mol. The summed E-state index contributed by atoms with van der Waals surface area (Å²) in [4.78, 5) is 24.3. The van der Waals surface area contributed by atoms with Crippen LogP contribution in [0.5, 0.6) is 0 Å². The molecule has 8 nitrogen and oxygen atoms in total. The van der Waals surface area contributed by atoms with Crippen molar-refractivity contribution < 1.29 is 33.6 Å². The van der Waals surface area contributed by atoms with Crippen molar-refractivity contribution in [1.29, 1.82) is 0 Å². The van der Waals surface area contributed by atoms with Gasteiger partial charge in [-0.3, -0.25) is 4.79 Å². The van der Waals surface area contributed by atoms with Gasteiger partial charge >= 0.3 is 5.97 Å². The Bertz CT molecular complexity index is 1210. The summed E-state index contributed by atoms with van der Waals surface area (Å²) in [5.41, 5.74) is 1.00. The van der Waals surface area contributed by atoms with Crippen molar-refractivity contribution >= 4 is 5.97 Å². The second kappa shape index (κ2) is 12.0. The number of aliphatic hydroxyl groups is 1. The Morgan fingerprint density at radius 2 is 1.78 bits per heavy atom. The maximum Gasteiger partial charge on any atom is 0.353 e. The predicted molar refractivity (Wildman–Crippen MR) is 128 cm³/mol. The molecule has 1 fully saturated rings. The number of rotatable bonds is 10. The summed E-state index contributed by atoms with van der Waals surface area (Å²) in [7, 11) is 0. The van der Waals surface area contributed by atoms with E-state index in [-0.39, 0.29) is 42.9 Å². The van der Waals surface area contributed by atoms with Gasteiger partial charge in [0.2, 0.25) is 0 Å². The Morgan fingerprint density at radius 3 is 2.47 bits per heavy atom. The predicted octanol–water partition coefficient (Wildman–Crippen LogP) is 3.66. The van der Waals surface area contributed by atoms with Gasteiger partial charge in [0, 0.05) is 25.2 Å². The maximum absolute atomic E-state index is 13.5. The molecule has 2 aromatic carbocycles. The molecule has 3 unspecified atom stereocenters. The van der Waals surface area contributed by atoms with Gasteiger partial charge < -0.3 is 29.0 Å². The second-order valence-corrected chi connectivity index (χ2v) is 8.49. The smallest absolute Gasteiger partial charge is 0.353 e. The van der Waals surface area contributed by atoms with Crippen LogP contribution in [0.4, 0.5) is 4.39 Å². The monoisotopic (exact) mass is 497 g/mol. The third kappa shape index (κ3) is 6.24. The molecule has 9 heteroatoms. The van der Waals surface area contributed by atoms with E-state index >= 15 is 0 Å². The average Bonchev–Trinajstić information content (AvgIpc) is 2.89. The summed E-state index contributed by atoms with van der Waals surface area (Å²) in [5.74, 6) is -1.66. The lowest BCUT2D eigenvalue weighted by Gasteiger charge is -2.36. The van der Waals surface area contributed by atoms with Gasteiger partial charge in [0.1, 0.15) is 17.6 Å². The highest BCUT2D eigenvalue weighted by Gasteiger charge is 2.34. The van der Waals surface area contributed by atoms with Crippen molar-refractivity contribution in [3.8, 4) is 0 Å². The van der Waals surface area contributed by atoms with Crippen LogP contribution in [0.1, 0.15) is 46.1 Å². The molecule has 1 saturated heterocycles.